The zero-order valence-electron chi connectivity index (χ0n) is 15.9. The summed E-state index contributed by atoms with van der Waals surface area (Å²) in [4.78, 5) is 12.4. The average molecular weight is 404 g/mol. The van der Waals surface area contributed by atoms with Crippen LogP contribution < -0.4 is 5.32 Å². The predicted molar refractivity (Wildman–Crippen MR) is 114 cm³/mol. The third-order valence-electron chi connectivity index (χ3n) is 4.28. The van der Waals surface area contributed by atoms with E-state index in [4.69, 9.17) is 4.42 Å². The summed E-state index contributed by atoms with van der Waals surface area (Å²) < 4.78 is 7.49. The van der Waals surface area contributed by atoms with E-state index in [1.54, 1.807) is 6.26 Å². The lowest BCUT2D eigenvalue weighted by molar-refractivity contribution is -0.113. The van der Waals surface area contributed by atoms with Crippen molar-refractivity contribution >= 4 is 23.4 Å². The molecule has 0 aliphatic heterocycles. The number of hydrogen-bond donors (Lipinski definition) is 1. The normalized spacial score (nSPS) is 10.8. The van der Waals surface area contributed by atoms with Crippen molar-refractivity contribution in [2.75, 3.05) is 11.1 Å². The van der Waals surface area contributed by atoms with Gasteiger partial charge >= 0.3 is 0 Å². The highest BCUT2D eigenvalue weighted by Crippen LogP contribution is 2.25. The van der Waals surface area contributed by atoms with Gasteiger partial charge in [-0.05, 0) is 42.3 Å². The number of furan rings is 1. The van der Waals surface area contributed by atoms with Crippen molar-refractivity contribution in [1.82, 2.24) is 14.8 Å². The topological polar surface area (TPSA) is 73.0 Å². The molecule has 2 aromatic heterocycles. The Kier molecular flexibility index (Phi) is 5.76. The Balaban J connectivity index is 1.51. The number of amides is 1. The number of hydrogen-bond acceptors (Lipinski definition) is 5. The first-order valence-corrected chi connectivity index (χ1v) is 10.2. The minimum Gasteiger partial charge on any atom is -0.461 e. The van der Waals surface area contributed by atoms with E-state index in [0.717, 1.165) is 16.8 Å². The van der Waals surface area contributed by atoms with Crippen LogP contribution in [0.15, 0.2) is 82.6 Å². The van der Waals surface area contributed by atoms with E-state index < -0.39 is 0 Å². The van der Waals surface area contributed by atoms with Crippen LogP contribution in [-0.4, -0.2) is 26.4 Å². The molecule has 6 nitrogen and oxygen atoms in total. The highest BCUT2D eigenvalue weighted by atomic mass is 32.2. The molecule has 0 saturated carbocycles. The lowest BCUT2D eigenvalue weighted by atomic mass is 10.2. The molecule has 1 N–H and O–H groups in total. The second kappa shape index (κ2) is 8.79. The molecule has 0 aliphatic carbocycles. The molecule has 0 unspecified atom stereocenters. The lowest BCUT2D eigenvalue weighted by Crippen LogP contribution is -2.15. The van der Waals surface area contributed by atoms with Gasteiger partial charge in [-0.2, -0.15) is 0 Å². The van der Waals surface area contributed by atoms with Gasteiger partial charge in [-0.15, -0.1) is 10.2 Å². The van der Waals surface area contributed by atoms with E-state index in [-0.39, 0.29) is 11.7 Å². The second-order valence-electron chi connectivity index (χ2n) is 6.56. The van der Waals surface area contributed by atoms with Crippen molar-refractivity contribution in [2.45, 2.75) is 18.6 Å². The number of carbonyl (C=O) groups is 1. The van der Waals surface area contributed by atoms with Gasteiger partial charge in [0, 0.05) is 5.69 Å². The number of nitrogens with zero attached hydrogens (tertiary/aromatic N) is 3. The molecular weight excluding hydrogens is 384 g/mol. The van der Waals surface area contributed by atoms with Crippen LogP contribution in [0.25, 0.3) is 11.6 Å². The fourth-order valence-corrected chi connectivity index (χ4v) is 3.68. The van der Waals surface area contributed by atoms with Crippen LogP contribution in [0, 0.1) is 6.92 Å². The zero-order valence-corrected chi connectivity index (χ0v) is 16.7. The smallest absolute Gasteiger partial charge is 0.234 e. The molecule has 7 heteroatoms. The standard InChI is InChI=1S/C22H20N4O2S/c1-16-7-5-10-18(13-16)23-20(27)15-29-22-25-24-21(19-11-6-12-28-19)26(22)14-17-8-3-2-4-9-17/h2-13H,14-15H2,1H3,(H,23,27). The molecule has 0 atom stereocenters. The summed E-state index contributed by atoms with van der Waals surface area (Å²) in [6.07, 6.45) is 1.61. The Hall–Kier alpha value is -3.32. The van der Waals surface area contributed by atoms with Crippen LogP contribution in [0.4, 0.5) is 5.69 Å². The molecule has 0 saturated heterocycles. The van der Waals surface area contributed by atoms with Gasteiger partial charge in [0.25, 0.3) is 0 Å². The molecule has 1 amide bonds. The highest BCUT2D eigenvalue weighted by molar-refractivity contribution is 7.99. The van der Waals surface area contributed by atoms with E-state index in [2.05, 4.69) is 15.5 Å². The van der Waals surface area contributed by atoms with Crippen LogP contribution in [0.1, 0.15) is 11.1 Å². The number of nitrogens with one attached hydrogen (secondary N) is 1. The van der Waals surface area contributed by atoms with Gasteiger partial charge in [0.15, 0.2) is 10.9 Å². The van der Waals surface area contributed by atoms with E-state index >= 15 is 0 Å². The molecule has 29 heavy (non-hydrogen) atoms. The number of rotatable bonds is 7. The average Bonchev–Trinajstić information content (AvgIpc) is 3.37. The van der Waals surface area contributed by atoms with Crippen molar-refractivity contribution in [3.05, 3.63) is 84.1 Å². The molecule has 146 valence electrons. The Morgan fingerprint density at radius 3 is 2.69 bits per heavy atom. The molecule has 0 bridgehead atoms. The van der Waals surface area contributed by atoms with Gasteiger partial charge in [-0.1, -0.05) is 54.2 Å². The summed E-state index contributed by atoms with van der Waals surface area (Å²) in [6.45, 7) is 2.58. The van der Waals surface area contributed by atoms with Crippen molar-refractivity contribution in [3.63, 3.8) is 0 Å². The second-order valence-corrected chi connectivity index (χ2v) is 7.50. The number of benzene rings is 2. The zero-order chi connectivity index (χ0) is 20.1. The molecule has 2 aromatic carbocycles. The number of anilines is 1. The molecule has 0 spiro atoms. The minimum atomic E-state index is -0.0885. The number of carbonyl (C=O) groups excluding carboxylic acids is 1. The van der Waals surface area contributed by atoms with E-state index in [0.29, 0.717) is 23.3 Å². The van der Waals surface area contributed by atoms with Gasteiger partial charge in [-0.25, -0.2) is 0 Å². The van der Waals surface area contributed by atoms with Gasteiger partial charge < -0.3 is 9.73 Å². The van der Waals surface area contributed by atoms with Crippen molar-refractivity contribution in [3.8, 4) is 11.6 Å². The van der Waals surface area contributed by atoms with E-state index in [9.17, 15) is 4.79 Å². The Morgan fingerprint density at radius 1 is 1.07 bits per heavy atom. The van der Waals surface area contributed by atoms with Crippen LogP contribution in [0.2, 0.25) is 0 Å². The number of aromatic nitrogens is 3. The molecule has 0 radical (unpaired) electrons. The number of aryl methyl sites for hydroxylation is 1. The fourth-order valence-electron chi connectivity index (χ4n) is 2.94. The van der Waals surface area contributed by atoms with Crippen molar-refractivity contribution in [1.29, 1.82) is 0 Å². The first-order valence-electron chi connectivity index (χ1n) is 9.19. The SMILES string of the molecule is Cc1cccc(NC(=O)CSc2nnc(-c3ccco3)n2Cc2ccccc2)c1. The highest BCUT2D eigenvalue weighted by Gasteiger charge is 2.17. The third kappa shape index (κ3) is 4.75. The molecular formula is C22H20N4O2S. The number of thioether (sulfide) groups is 1. The Labute approximate surface area is 173 Å². The van der Waals surface area contributed by atoms with Gasteiger partial charge in [0.2, 0.25) is 11.7 Å². The molecule has 4 aromatic rings. The monoisotopic (exact) mass is 404 g/mol. The third-order valence-corrected chi connectivity index (χ3v) is 5.24. The van der Waals surface area contributed by atoms with Gasteiger partial charge in [-0.3, -0.25) is 9.36 Å². The first kappa shape index (κ1) is 19.0. The fraction of sp³-hybridized carbons (Fsp3) is 0.136. The minimum absolute atomic E-state index is 0.0885. The molecule has 0 fully saturated rings. The Morgan fingerprint density at radius 2 is 1.93 bits per heavy atom. The van der Waals surface area contributed by atoms with Gasteiger partial charge in [0.1, 0.15) is 0 Å². The lowest BCUT2D eigenvalue weighted by Gasteiger charge is -2.10. The maximum atomic E-state index is 12.4. The largest absolute Gasteiger partial charge is 0.461 e. The quantitative estimate of drug-likeness (QED) is 0.455. The van der Waals surface area contributed by atoms with E-state index in [1.807, 2.05) is 78.2 Å². The first-order chi connectivity index (χ1) is 14.2. The predicted octanol–water partition coefficient (Wildman–Crippen LogP) is 4.63. The van der Waals surface area contributed by atoms with E-state index in [1.165, 1.54) is 11.8 Å². The van der Waals surface area contributed by atoms with Crippen LogP contribution in [0.3, 0.4) is 0 Å². The summed E-state index contributed by atoms with van der Waals surface area (Å²) >= 11 is 1.35. The summed E-state index contributed by atoms with van der Waals surface area (Å²) in [5.41, 5.74) is 3.00. The van der Waals surface area contributed by atoms with Gasteiger partial charge in [0.05, 0.1) is 18.6 Å². The van der Waals surface area contributed by atoms with Crippen LogP contribution in [-0.2, 0) is 11.3 Å². The Bertz CT molecular complexity index is 1090. The summed E-state index contributed by atoms with van der Waals surface area (Å²) in [5.74, 6) is 1.43. The molecule has 2 heterocycles. The summed E-state index contributed by atoms with van der Waals surface area (Å²) in [6, 6.07) is 21.5. The summed E-state index contributed by atoms with van der Waals surface area (Å²) in [7, 11) is 0. The van der Waals surface area contributed by atoms with Crippen molar-refractivity contribution in [2.24, 2.45) is 0 Å². The van der Waals surface area contributed by atoms with Crippen LogP contribution in [0.5, 0.6) is 0 Å². The molecule has 4 rings (SSSR count). The van der Waals surface area contributed by atoms with Crippen molar-refractivity contribution < 1.29 is 9.21 Å². The maximum Gasteiger partial charge on any atom is 0.234 e. The maximum absolute atomic E-state index is 12.4. The van der Waals surface area contributed by atoms with Crippen LogP contribution >= 0.6 is 11.8 Å². The molecule has 0 aliphatic rings. The summed E-state index contributed by atoms with van der Waals surface area (Å²) in [5, 5.41) is 12.2.